The lowest BCUT2D eigenvalue weighted by molar-refractivity contribution is -0.0663. The predicted molar refractivity (Wildman–Crippen MR) is 72.2 cm³/mol. The van der Waals surface area contributed by atoms with E-state index in [2.05, 4.69) is 0 Å². The van der Waals surface area contributed by atoms with Crippen LogP contribution in [0.4, 0.5) is 9.18 Å². The van der Waals surface area contributed by atoms with Gasteiger partial charge in [-0.2, -0.15) is 4.31 Å². The monoisotopic (exact) mass is 334 g/mol. The molecule has 0 saturated carbocycles. The predicted octanol–water partition coefficient (Wildman–Crippen LogP) is 1.46. The van der Waals surface area contributed by atoms with Crippen molar-refractivity contribution in [1.29, 1.82) is 0 Å². The number of hydrogen-bond acceptors (Lipinski definition) is 3. The number of carbonyl (C=O) groups is 1. The van der Waals surface area contributed by atoms with E-state index in [4.69, 9.17) is 16.7 Å². The highest BCUT2D eigenvalue weighted by Gasteiger charge is 2.56. The van der Waals surface area contributed by atoms with Crippen molar-refractivity contribution in [3.8, 4) is 0 Å². The van der Waals surface area contributed by atoms with Crippen LogP contribution in [-0.2, 0) is 10.0 Å². The van der Waals surface area contributed by atoms with Gasteiger partial charge in [0.05, 0.1) is 5.02 Å². The molecular formula is C12H12ClFN2O4S. The Morgan fingerprint density at radius 3 is 2.43 bits per heavy atom. The Morgan fingerprint density at radius 1 is 1.29 bits per heavy atom. The normalized spacial score (nSPS) is 21.0. The van der Waals surface area contributed by atoms with E-state index in [9.17, 15) is 17.6 Å². The van der Waals surface area contributed by atoms with Gasteiger partial charge in [0.25, 0.3) is 0 Å². The molecule has 21 heavy (non-hydrogen) atoms. The number of carboxylic acid groups (broad SMARTS) is 1. The number of benzene rings is 1. The van der Waals surface area contributed by atoms with Crippen molar-refractivity contribution in [3.05, 3.63) is 29.0 Å². The number of amides is 1. The minimum Gasteiger partial charge on any atom is -0.465 e. The van der Waals surface area contributed by atoms with E-state index in [-0.39, 0.29) is 28.4 Å². The van der Waals surface area contributed by atoms with E-state index in [0.717, 1.165) is 18.2 Å². The molecule has 0 unspecified atom stereocenters. The van der Waals surface area contributed by atoms with Crippen LogP contribution < -0.4 is 0 Å². The molecule has 6 nitrogen and oxygen atoms in total. The molecule has 2 heterocycles. The van der Waals surface area contributed by atoms with Crippen LogP contribution in [-0.4, -0.2) is 55.0 Å². The summed E-state index contributed by atoms with van der Waals surface area (Å²) < 4.78 is 39.0. The Morgan fingerprint density at radius 2 is 1.90 bits per heavy atom. The topological polar surface area (TPSA) is 77.9 Å². The van der Waals surface area contributed by atoms with Crippen LogP contribution in [0, 0.1) is 11.2 Å². The van der Waals surface area contributed by atoms with Gasteiger partial charge in [0, 0.05) is 31.6 Å². The van der Waals surface area contributed by atoms with Crippen LogP contribution in [0.2, 0.25) is 5.02 Å². The Kier molecular flexibility index (Phi) is 3.16. The Bertz CT molecular complexity index is 710. The minimum absolute atomic E-state index is 0.130. The molecule has 1 aromatic rings. The largest absolute Gasteiger partial charge is 0.465 e. The maximum atomic E-state index is 13.0. The summed E-state index contributed by atoms with van der Waals surface area (Å²) >= 11 is 5.79. The maximum absolute atomic E-state index is 13.0. The fraction of sp³-hybridized carbons (Fsp3) is 0.417. The van der Waals surface area contributed by atoms with E-state index in [0.29, 0.717) is 13.1 Å². The van der Waals surface area contributed by atoms with Crippen molar-refractivity contribution in [2.45, 2.75) is 4.90 Å². The van der Waals surface area contributed by atoms with Crippen LogP contribution in [0.5, 0.6) is 0 Å². The van der Waals surface area contributed by atoms with Gasteiger partial charge in [-0.1, -0.05) is 11.6 Å². The van der Waals surface area contributed by atoms with Crippen LogP contribution in [0.15, 0.2) is 23.1 Å². The molecule has 1 amide bonds. The third-order valence-electron chi connectivity index (χ3n) is 3.86. The second kappa shape index (κ2) is 4.56. The van der Waals surface area contributed by atoms with Gasteiger partial charge in [-0.15, -0.1) is 0 Å². The Hall–Kier alpha value is -1.38. The summed E-state index contributed by atoms with van der Waals surface area (Å²) in [5.74, 6) is -0.602. The summed E-state index contributed by atoms with van der Waals surface area (Å²) in [6.45, 7) is 1.19. The number of rotatable bonds is 2. The average molecular weight is 335 g/mol. The van der Waals surface area contributed by atoms with E-state index in [1.165, 1.54) is 9.21 Å². The molecule has 1 N–H and O–H groups in total. The molecule has 0 bridgehead atoms. The zero-order valence-electron chi connectivity index (χ0n) is 10.8. The molecule has 2 aliphatic rings. The molecule has 0 atom stereocenters. The molecule has 0 radical (unpaired) electrons. The first-order valence-electron chi connectivity index (χ1n) is 6.17. The van der Waals surface area contributed by atoms with Gasteiger partial charge in [0.15, 0.2) is 0 Å². The lowest BCUT2D eigenvalue weighted by atomic mass is 9.75. The van der Waals surface area contributed by atoms with Gasteiger partial charge >= 0.3 is 6.09 Å². The molecule has 2 saturated heterocycles. The van der Waals surface area contributed by atoms with Crippen molar-refractivity contribution in [1.82, 2.24) is 9.21 Å². The van der Waals surface area contributed by atoms with Gasteiger partial charge in [-0.05, 0) is 18.2 Å². The first-order valence-corrected chi connectivity index (χ1v) is 7.98. The molecule has 3 rings (SSSR count). The van der Waals surface area contributed by atoms with Crippen molar-refractivity contribution in [2.75, 3.05) is 26.2 Å². The van der Waals surface area contributed by atoms with Gasteiger partial charge in [0.2, 0.25) is 10.0 Å². The van der Waals surface area contributed by atoms with E-state index < -0.39 is 21.9 Å². The first-order chi connectivity index (χ1) is 9.73. The zero-order chi connectivity index (χ0) is 15.4. The lowest BCUT2D eigenvalue weighted by Gasteiger charge is -2.58. The molecule has 0 aliphatic carbocycles. The maximum Gasteiger partial charge on any atom is 0.407 e. The van der Waals surface area contributed by atoms with Crippen LogP contribution in [0.1, 0.15) is 0 Å². The van der Waals surface area contributed by atoms with Gasteiger partial charge in [-0.3, -0.25) is 0 Å². The summed E-state index contributed by atoms with van der Waals surface area (Å²) in [6.07, 6.45) is -0.997. The number of hydrogen-bond donors (Lipinski definition) is 1. The standard InChI is InChI=1S/C12H12ClFN2O4S/c13-9-3-8(14)1-2-10(9)21(19,20)16-6-12(7-16)4-15(5-12)11(17)18/h1-3H,4-7H2,(H,17,18). The molecule has 2 aliphatic heterocycles. The summed E-state index contributed by atoms with van der Waals surface area (Å²) in [7, 11) is -3.77. The first kappa shape index (κ1) is 14.6. The highest BCUT2D eigenvalue weighted by Crippen LogP contribution is 2.42. The molecule has 0 aromatic heterocycles. The van der Waals surface area contributed by atoms with E-state index in [1.807, 2.05) is 0 Å². The van der Waals surface area contributed by atoms with Crippen molar-refractivity contribution in [3.63, 3.8) is 0 Å². The van der Waals surface area contributed by atoms with Crippen molar-refractivity contribution in [2.24, 2.45) is 5.41 Å². The lowest BCUT2D eigenvalue weighted by Crippen LogP contribution is -2.73. The van der Waals surface area contributed by atoms with Crippen LogP contribution in [0.3, 0.4) is 0 Å². The number of nitrogens with zero attached hydrogens (tertiary/aromatic N) is 2. The Balaban J connectivity index is 1.73. The van der Waals surface area contributed by atoms with Gasteiger partial charge in [-0.25, -0.2) is 17.6 Å². The summed E-state index contributed by atoms with van der Waals surface area (Å²) in [5, 5.41) is 8.64. The molecule has 1 aromatic carbocycles. The van der Waals surface area contributed by atoms with Crippen molar-refractivity contribution < 1.29 is 22.7 Å². The molecule has 1 spiro atoms. The highest BCUT2D eigenvalue weighted by molar-refractivity contribution is 7.89. The van der Waals surface area contributed by atoms with Gasteiger partial charge in [0.1, 0.15) is 10.7 Å². The third-order valence-corrected chi connectivity index (χ3v) is 6.13. The van der Waals surface area contributed by atoms with Gasteiger partial charge < -0.3 is 10.0 Å². The fourth-order valence-corrected chi connectivity index (χ4v) is 4.96. The second-order valence-corrected chi connectivity index (χ2v) is 7.80. The fourth-order valence-electron chi connectivity index (χ4n) is 2.79. The quantitative estimate of drug-likeness (QED) is 0.888. The van der Waals surface area contributed by atoms with E-state index >= 15 is 0 Å². The average Bonchev–Trinajstić information content (AvgIpc) is 2.23. The number of sulfonamides is 1. The molecule has 2 fully saturated rings. The number of halogens is 2. The summed E-state index contributed by atoms with van der Waals surface area (Å²) in [6, 6.07) is 3.14. The van der Waals surface area contributed by atoms with Crippen LogP contribution in [0.25, 0.3) is 0 Å². The summed E-state index contributed by atoms with van der Waals surface area (Å²) in [5.41, 5.74) is -0.280. The third kappa shape index (κ3) is 2.27. The molecule has 9 heteroatoms. The molecule has 114 valence electrons. The summed E-state index contributed by atoms with van der Waals surface area (Å²) in [4.78, 5) is 11.8. The smallest absolute Gasteiger partial charge is 0.407 e. The van der Waals surface area contributed by atoms with Crippen LogP contribution >= 0.6 is 11.6 Å². The second-order valence-electron chi connectivity index (χ2n) is 5.49. The van der Waals surface area contributed by atoms with E-state index in [1.54, 1.807) is 0 Å². The highest BCUT2D eigenvalue weighted by atomic mass is 35.5. The zero-order valence-corrected chi connectivity index (χ0v) is 12.4. The minimum atomic E-state index is -3.77. The number of likely N-dealkylation sites (tertiary alicyclic amines) is 1. The van der Waals surface area contributed by atoms with Crippen molar-refractivity contribution >= 4 is 27.7 Å². The Labute approximate surface area is 125 Å². The SMILES string of the molecule is O=C(O)N1CC2(C1)CN(S(=O)(=O)c1ccc(F)cc1Cl)C2. The molecular weight excluding hydrogens is 323 g/mol.